The molecule has 0 unspecified atom stereocenters. The summed E-state index contributed by atoms with van der Waals surface area (Å²) >= 11 is 6.15. The molecule has 25 heavy (non-hydrogen) atoms. The maximum atomic E-state index is 12.5. The minimum absolute atomic E-state index is 0.0901. The number of hydrogen-bond acceptors (Lipinski definition) is 3. The Labute approximate surface area is 152 Å². The Bertz CT molecular complexity index is 827. The topological polar surface area (TPSA) is 46.6 Å². The Hall–Kier alpha value is -2.33. The molecule has 1 amide bonds. The normalized spacial score (nSPS) is 17.0. The van der Waals surface area contributed by atoms with Gasteiger partial charge in [-0.1, -0.05) is 23.7 Å². The molecule has 2 aromatic carbocycles. The number of hydrogen-bond donors (Lipinski definition) is 0. The summed E-state index contributed by atoms with van der Waals surface area (Å²) in [6.07, 6.45) is 0.148. The molecule has 4 nitrogen and oxygen atoms in total. The lowest BCUT2D eigenvalue weighted by molar-refractivity contribution is -0.139. The van der Waals surface area contributed by atoms with E-state index in [9.17, 15) is 9.59 Å². The first-order valence-electron chi connectivity index (χ1n) is 8.20. The van der Waals surface area contributed by atoms with Crippen molar-refractivity contribution in [2.45, 2.75) is 27.2 Å². The third kappa shape index (κ3) is 3.69. The maximum absolute atomic E-state index is 12.5. The van der Waals surface area contributed by atoms with Gasteiger partial charge in [-0.2, -0.15) is 0 Å². The molecule has 130 valence electrons. The van der Waals surface area contributed by atoms with Crippen molar-refractivity contribution >= 4 is 29.2 Å². The molecule has 0 saturated carbocycles. The monoisotopic (exact) mass is 357 g/mol. The maximum Gasteiger partial charge on any atom is 0.316 e. The van der Waals surface area contributed by atoms with Crippen molar-refractivity contribution in [3.63, 3.8) is 0 Å². The summed E-state index contributed by atoms with van der Waals surface area (Å²) in [7, 11) is 0. The van der Waals surface area contributed by atoms with Crippen molar-refractivity contribution in [2.24, 2.45) is 5.92 Å². The lowest BCUT2D eigenvalue weighted by Crippen LogP contribution is -2.27. The fourth-order valence-electron chi connectivity index (χ4n) is 3.18. The van der Waals surface area contributed by atoms with Gasteiger partial charge in [0, 0.05) is 23.7 Å². The van der Waals surface area contributed by atoms with Gasteiger partial charge in [-0.05, 0) is 61.7 Å². The van der Waals surface area contributed by atoms with Crippen molar-refractivity contribution in [1.82, 2.24) is 0 Å². The second-order valence-corrected chi connectivity index (χ2v) is 6.94. The van der Waals surface area contributed by atoms with E-state index in [2.05, 4.69) is 0 Å². The van der Waals surface area contributed by atoms with E-state index >= 15 is 0 Å². The molecule has 2 aromatic rings. The molecule has 1 atom stereocenters. The van der Waals surface area contributed by atoms with Crippen LogP contribution >= 0.6 is 11.6 Å². The Kier molecular flexibility index (Phi) is 4.82. The first-order chi connectivity index (χ1) is 11.8. The minimum Gasteiger partial charge on any atom is -0.426 e. The fraction of sp³-hybridized carbons (Fsp3) is 0.300. The number of benzene rings is 2. The summed E-state index contributed by atoms with van der Waals surface area (Å²) in [5, 5.41) is 0.603. The van der Waals surface area contributed by atoms with Gasteiger partial charge >= 0.3 is 5.97 Å². The van der Waals surface area contributed by atoms with E-state index in [0.29, 0.717) is 17.3 Å². The number of esters is 1. The largest absolute Gasteiger partial charge is 0.426 e. The van der Waals surface area contributed by atoms with Crippen LogP contribution in [-0.4, -0.2) is 18.4 Å². The predicted octanol–water partition coefficient (Wildman–Crippen LogP) is 4.22. The number of carbonyl (C=O) groups excluding carboxylic acids is 2. The van der Waals surface area contributed by atoms with Crippen LogP contribution in [0.5, 0.6) is 5.75 Å². The zero-order chi connectivity index (χ0) is 18.1. The Morgan fingerprint density at radius 1 is 1.16 bits per heavy atom. The van der Waals surface area contributed by atoms with E-state index in [-0.39, 0.29) is 18.3 Å². The first-order valence-corrected chi connectivity index (χ1v) is 8.58. The van der Waals surface area contributed by atoms with Crippen molar-refractivity contribution in [1.29, 1.82) is 0 Å². The van der Waals surface area contributed by atoms with E-state index < -0.39 is 5.92 Å². The molecule has 0 N–H and O–H groups in total. The molecular formula is C20H20ClNO3. The van der Waals surface area contributed by atoms with Gasteiger partial charge in [0.25, 0.3) is 0 Å². The SMILES string of the molecule is Cc1cc(C)cc(OC(=O)[C@H]2CC(=O)N(c3cccc(Cl)c3C)C2)c1. The summed E-state index contributed by atoms with van der Waals surface area (Å²) in [4.78, 5) is 26.5. The standard InChI is InChI=1S/C20H20ClNO3/c1-12-7-13(2)9-16(8-12)25-20(24)15-10-19(23)22(11-15)18-6-4-5-17(21)14(18)3/h4-9,15H,10-11H2,1-3H3/t15-/m0/s1. The van der Waals surface area contributed by atoms with Gasteiger partial charge in [0.15, 0.2) is 0 Å². The molecule has 0 radical (unpaired) electrons. The van der Waals surface area contributed by atoms with Gasteiger partial charge in [-0.3, -0.25) is 9.59 Å². The van der Waals surface area contributed by atoms with Crippen LogP contribution in [0.25, 0.3) is 0 Å². The molecule has 5 heteroatoms. The molecular weight excluding hydrogens is 338 g/mol. The molecule has 1 fully saturated rings. The predicted molar refractivity (Wildman–Crippen MR) is 98.2 cm³/mol. The second-order valence-electron chi connectivity index (χ2n) is 6.53. The van der Waals surface area contributed by atoms with Crippen LogP contribution in [0.2, 0.25) is 5.02 Å². The van der Waals surface area contributed by atoms with Gasteiger partial charge in [0.05, 0.1) is 5.92 Å². The van der Waals surface area contributed by atoms with Gasteiger partial charge in [0.2, 0.25) is 5.91 Å². The third-order valence-electron chi connectivity index (χ3n) is 4.40. The van der Waals surface area contributed by atoms with Crippen LogP contribution in [-0.2, 0) is 9.59 Å². The number of anilines is 1. The molecule has 3 rings (SSSR count). The lowest BCUT2D eigenvalue weighted by atomic mass is 10.1. The van der Waals surface area contributed by atoms with Gasteiger partial charge < -0.3 is 9.64 Å². The van der Waals surface area contributed by atoms with Crippen LogP contribution in [0.3, 0.4) is 0 Å². The number of carbonyl (C=O) groups is 2. The highest BCUT2D eigenvalue weighted by atomic mass is 35.5. The summed E-state index contributed by atoms with van der Waals surface area (Å²) in [5.41, 5.74) is 3.64. The highest BCUT2D eigenvalue weighted by Gasteiger charge is 2.37. The molecule has 1 aliphatic rings. The van der Waals surface area contributed by atoms with Gasteiger partial charge in [-0.25, -0.2) is 0 Å². The first kappa shape index (κ1) is 17.5. The van der Waals surface area contributed by atoms with E-state index in [4.69, 9.17) is 16.3 Å². The van der Waals surface area contributed by atoms with E-state index in [1.54, 1.807) is 17.0 Å². The van der Waals surface area contributed by atoms with Crippen molar-refractivity contribution in [2.75, 3.05) is 11.4 Å². The van der Waals surface area contributed by atoms with E-state index in [1.807, 2.05) is 45.0 Å². The van der Waals surface area contributed by atoms with Gasteiger partial charge in [-0.15, -0.1) is 0 Å². The number of aryl methyl sites for hydroxylation is 2. The number of rotatable bonds is 3. The number of halogens is 1. The smallest absolute Gasteiger partial charge is 0.316 e. The Morgan fingerprint density at radius 2 is 1.84 bits per heavy atom. The molecule has 1 aliphatic heterocycles. The van der Waals surface area contributed by atoms with Crippen molar-refractivity contribution in [3.05, 3.63) is 58.1 Å². The zero-order valence-electron chi connectivity index (χ0n) is 14.5. The summed E-state index contributed by atoms with van der Waals surface area (Å²) < 4.78 is 5.50. The molecule has 1 heterocycles. The molecule has 1 saturated heterocycles. The molecule has 0 aromatic heterocycles. The minimum atomic E-state index is -0.480. The van der Waals surface area contributed by atoms with Gasteiger partial charge in [0.1, 0.15) is 5.75 Å². The van der Waals surface area contributed by atoms with E-state index in [1.165, 1.54) is 0 Å². The fourth-order valence-corrected chi connectivity index (χ4v) is 3.35. The number of amides is 1. The average molecular weight is 358 g/mol. The summed E-state index contributed by atoms with van der Waals surface area (Å²) in [6, 6.07) is 11.1. The van der Waals surface area contributed by atoms with Crippen LogP contribution in [0, 0.1) is 26.7 Å². The quantitative estimate of drug-likeness (QED) is 0.610. The number of ether oxygens (including phenoxy) is 1. The van der Waals surface area contributed by atoms with Crippen molar-refractivity contribution in [3.8, 4) is 5.75 Å². The lowest BCUT2D eigenvalue weighted by Gasteiger charge is -2.19. The number of nitrogens with zero attached hydrogens (tertiary/aromatic N) is 1. The zero-order valence-corrected chi connectivity index (χ0v) is 15.3. The molecule has 0 aliphatic carbocycles. The second kappa shape index (κ2) is 6.89. The van der Waals surface area contributed by atoms with E-state index in [0.717, 1.165) is 22.4 Å². The molecule has 0 bridgehead atoms. The van der Waals surface area contributed by atoms with Crippen LogP contribution in [0.4, 0.5) is 5.69 Å². The van der Waals surface area contributed by atoms with Crippen LogP contribution < -0.4 is 9.64 Å². The molecule has 0 spiro atoms. The highest BCUT2D eigenvalue weighted by molar-refractivity contribution is 6.31. The van der Waals surface area contributed by atoms with Crippen LogP contribution in [0.1, 0.15) is 23.1 Å². The van der Waals surface area contributed by atoms with Crippen LogP contribution in [0.15, 0.2) is 36.4 Å². The highest BCUT2D eigenvalue weighted by Crippen LogP contribution is 2.32. The summed E-state index contributed by atoms with van der Waals surface area (Å²) in [5.74, 6) is -0.424. The summed E-state index contributed by atoms with van der Waals surface area (Å²) in [6.45, 7) is 6.08. The average Bonchev–Trinajstić information content (AvgIpc) is 2.91. The Morgan fingerprint density at radius 3 is 2.52 bits per heavy atom. The van der Waals surface area contributed by atoms with Crippen molar-refractivity contribution < 1.29 is 14.3 Å². The third-order valence-corrected chi connectivity index (χ3v) is 4.81. The Balaban J connectivity index is 1.75.